The summed E-state index contributed by atoms with van der Waals surface area (Å²) in [5.41, 5.74) is 1.87. The van der Waals surface area contributed by atoms with Gasteiger partial charge in [0.15, 0.2) is 10.8 Å². The smallest absolute Gasteiger partial charge is 0.223 e. The van der Waals surface area contributed by atoms with E-state index in [9.17, 15) is 4.79 Å². The van der Waals surface area contributed by atoms with E-state index in [4.69, 9.17) is 4.52 Å². The van der Waals surface area contributed by atoms with Crippen LogP contribution >= 0.6 is 11.3 Å². The third-order valence-electron chi connectivity index (χ3n) is 5.31. The highest BCUT2D eigenvalue weighted by molar-refractivity contribution is 7.13. The van der Waals surface area contributed by atoms with Gasteiger partial charge in [0.05, 0.1) is 5.69 Å². The lowest BCUT2D eigenvalue weighted by Gasteiger charge is -2.09. The Kier molecular flexibility index (Phi) is 6.90. The van der Waals surface area contributed by atoms with Gasteiger partial charge in [-0.15, -0.1) is 11.3 Å². The summed E-state index contributed by atoms with van der Waals surface area (Å²) in [6, 6.07) is 7.97. The average molecular weight is 450 g/mol. The van der Waals surface area contributed by atoms with E-state index < -0.39 is 0 Å². The molecular formula is C24H27N5O2S. The molecule has 0 aliphatic rings. The SMILES string of the molecule is CCCCc1sc(C(=O)CCCNc2nccc3ccc(-c4noc(C)n4)cc23)nc1C. The number of carbonyl (C=O) groups excluding carboxylic acids is 1. The van der Waals surface area contributed by atoms with Crippen molar-refractivity contribution in [3.8, 4) is 11.4 Å². The number of rotatable bonds is 10. The first-order valence-electron chi connectivity index (χ1n) is 11.0. The van der Waals surface area contributed by atoms with Gasteiger partial charge < -0.3 is 9.84 Å². The molecule has 0 amide bonds. The van der Waals surface area contributed by atoms with E-state index >= 15 is 0 Å². The van der Waals surface area contributed by atoms with Crippen molar-refractivity contribution in [2.24, 2.45) is 0 Å². The van der Waals surface area contributed by atoms with Crippen LogP contribution in [0.15, 0.2) is 35.0 Å². The number of hydrogen-bond donors (Lipinski definition) is 1. The third-order valence-corrected chi connectivity index (χ3v) is 6.57. The quantitative estimate of drug-likeness (QED) is 0.242. The number of Topliss-reactive ketones (excluding diaryl/α,β-unsaturated/α-hetero) is 1. The normalized spacial score (nSPS) is 11.2. The zero-order valence-corrected chi connectivity index (χ0v) is 19.5. The second kappa shape index (κ2) is 9.99. The molecule has 0 unspecified atom stereocenters. The second-order valence-corrected chi connectivity index (χ2v) is 8.90. The molecule has 7 nitrogen and oxygen atoms in total. The first kappa shape index (κ1) is 22.1. The number of thiazole rings is 1. The molecule has 166 valence electrons. The predicted octanol–water partition coefficient (Wildman–Crippen LogP) is 5.78. The summed E-state index contributed by atoms with van der Waals surface area (Å²) in [7, 11) is 0. The second-order valence-electron chi connectivity index (χ2n) is 7.82. The fourth-order valence-electron chi connectivity index (χ4n) is 3.54. The maximum absolute atomic E-state index is 12.6. The Morgan fingerprint density at radius 1 is 1.16 bits per heavy atom. The van der Waals surface area contributed by atoms with Gasteiger partial charge in [-0.1, -0.05) is 30.6 Å². The monoisotopic (exact) mass is 449 g/mol. The summed E-state index contributed by atoms with van der Waals surface area (Å²) < 4.78 is 5.10. The largest absolute Gasteiger partial charge is 0.370 e. The molecule has 3 heterocycles. The van der Waals surface area contributed by atoms with Crippen LogP contribution in [0.3, 0.4) is 0 Å². The van der Waals surface area contributed by atoms with Crippen molar-refractivity contribution in [3.05, 3.63) is 51.9 Å². The zero-order chi connectivity index (χ0) is 22.5. The molecule has 1 N–H and O–H groups in total. The predicted molar refractivity (Wildman–Crippen MR) is 127 cm³/mol. The maximum atomic E-state index is 12.6. The number of nitrogens with one attached hydrogen (secondary N) is 1. The molecule has 8 heteroatoms. The lowest BCUT2D eigenvalue weighted by atomic mass is 10.1. The molecule has 0 aliphatic heterocycles. The molecule has 0 aliphatic carbocycles. The van der Waals surface area contributed by atoms with E-state index in [1.807, 2.05) is 31.2 Å². The van der Waals surface area contributed by atoms with Gasteiger partial charge in [-0.2, -0.15) is 4.98 Å². The molecule has 4 rings (SSSR count). The topological polar surface area (TPSA) is 93.8 Å². The first-order chi connectivity index (χ1) is 15.5. The Labute approximate surface area is 191 Å². The van der Waals surface area contributed by atoms with Crippen molar-refractivity contribution in [2.45, 2.75) is 52.9 Å². The van der Waals surface area contributed by atoms with Gasteiger partial charge in [-0.25, -0.2) is 9.97 Å². The summed E-state index contributed by atoms with van der Waals surface area (Å²) in [6.07, 6.45) is 6.24. The Balaban J connectivity index is 1.38. The van der Waals surface area contributed by atoms with Gasteiger partial charge in [0.2, 0.25) is 11.7 Å². The van der Waals surface area contributed by atoms with Crippen LogP contribution in [0.25, 0.3) is 22.2 Å². The lowest BCUT2D eigenvalue weighted by molar-refractivity contribution is 0.0980. The van der Waals surface area contributed by atoms with E-state index in [1.165, 1.54) is 4.88 Å². The van der Waals surface area contributed by atoms with Crippen LogP contribution in [-0.4, -0.2) is 32.4 Å². The molecule has 1 aromatic carbocycles. The fourth-order valence-corrected chi connectivity index (χ4v) is 4.62. The van der Waals surface area contributed by atoms with Crippen molar-refractivity contribution >= 4 is 33.7 Å². The Morgan fingerprint density at radius 3 is 2.81 bits per heavy atom. The molecule has 0 spiro atoms. The summed E-state index contributed by atoms with van der Waals surface area (Å²) in [5.74, 6) is 1.98. The highest BCUT2D eigenvalue weighted by Crippen LogP contribution is 2.27. The zero-order valence-electron chi connectivity index (χ0n) is 18.6. The van der Waals surface area contributed by atoms with Crippen LogP contribution < -0.4 is 5.32 Å². The number of nitrogens with zero attached hydrogens (tertiary/aromatic N) is 4. The van der Waals surface area contributed by atoms with Gasteiger partial charge in [0.1, 0.15) is 5.82 Å². The van der Waals surface area contributed by atoms with Crippen molar-refractivity contribution in [1.29, 1.82) is 0 Å². The summed E-state index contributed by atoms with van der Waals surface area (Å²) in [4.78, 5) is 27.1. The van der Waals surface area contributed by atoms with E-state index in [0.29, 0.717) is 36.1 Å². The standard InChI is InChI=1S/C24H27N5O2S/c1-4-5-8-21-15(2)27-24(32-21)20(30)7-6-12-25-23-19-14-18(22-28-16(3)31-29-22)10-9-17(19)11-13-26-23/h9-11,13-14H,4-8,12H2,1-3H3,(H,25,26). The minimum absolute atomic E-state index is 0.114. The van der Waals surface area contributed by atoms with Crippen LogP contribution in [0, 0.1) is 13.8 Å². The maximum Gasteiger partial charge on any atom is 0.223 e. The molecule has 32 heavy (non-hydrogen) atoms. The summed E-state index contributed by atoms with van der Waals surface area (Å²) in [5, 5.41) is 10.1. The number of anilines is 1. The number of unbranched alkanes of at least 4 members (excludes halogenated alkanes) is 1. The molecule has 3 aromatic heterocycles. The van der Waals surface area contributed by atoms with Crippen LogP contribution in [0.1, 0.15) is 58.9 Å². The van der Waals surface area contributed by atoms with Crippen molar-refractivity contribution in [3.63, 3.8) is 0 Å². The number of aromatic nitrogens is 4. The summed E-state index contributed by atoms with van der Waals surface area (Å²) >= 11 is 1.55. The summed E-state index contributed by atoms with van der Waals surface area (Å²) in [6.45, 7) is 6.59. The van der Waals surface area contributed by atoms with E-state index in [0.717, 1.165) is 47.1 Å². The number of ketones is 1. The van der Waals surface area contributed by atoms with Gasteiger partial charge in [0, 0.05) is 41.9 Å². The molecule has 0 atom stereocenters. The van der Waals surface area contributed by atoms with Gasteiger partial charge in [-0.3, -0.25) is 4.79 Å². The fraction of sp³-hybridized carbons (Fsp3) is 0.375. The van der Waals surface area contributed by atoms with Crippen molar-refractivity contribution < 1.29 is 9.32 Å². The average Bonchev–Trinajstić information content (AvgIpc) is 3.40. The number of hydrogen-bond acceptors (Lipinski definition) is 8. The van der Waals surface area contributed by atoms with E-state index in [1.54, 1.807) is 24.5 Å². The minimum atomic E-state index is 0.114. The van der Waals surface area contributed by atoms with Crippen LogP contribution in [-0.2, 0) is 6.42 Å². The third kappa shape index (κ3) is 5.02. The van der Waals surface area contributed by atoms with Crippen LogP contribution in [0.2, 0.25) is 0 Å². The Bertz CT molecular complexity index is 1230. The van der Waals surface area contributed by atoms with Crippen molar-refractivity contribution in [1.82, 2.24) is 20.1 Å². The van der Waals surface area contributed by atoms with E-state index in [2.05, 4.69) is 32.3 Å². The minimum Gasteiger partial charge on any atom is -0.370 e. The number of pyridine rings is 1. The highest BCUT2D eigenvalue weighted by atomic mass is 32.1. The van der Waals surface area contributed by atoms with Gasteiger partial charge in [0.25, 0.3) is 0 Å². The molecule has 0 radical (unpaired) electrons. The van der Waals surface area contributed by atoms with Crippen LogP contribution in [0.5, 0.6) is 0 Å². The number of aryl methyl sites for hydroxylation is 3. The first-order valence-corrected chi connectivity index (χ1v) is 11.8. The Hall–Kier alpha value is -3.13. The van der Waals surface area contributed by atoms with Crippen LogP contribution in [0.4, 0.5) is 5.82 Å². The van der Waals surface area contributed by atoms with Gasteiger partial charge in [-0.05, 0) is 43.7 Å². The lowest BCUT2D eigenvalue weighted by Crippen LogP contribution is -2.07. The Morgan fingerprint density at radius 2 is 2.03 bits per heavy atom. The molecule has 0 saturated carbocycles. The molecular weight excluding hydrogens is 422 g/mol. The molecule has 0 fully saturated rings. The number of carbonyl (C=O) groups is 1. The van der Waals surface area contributed by atoms with Gasteiger partial charge >= 0.3 is 0 Å². The van der Waals surface area contributed by atoms with Crippen molar-refractivity contribution in [2.75, 3.05) is 11.9 Å². The number of fused-ring (bicyclic) bond motifs is 1. The van der Waals surface area contributed by atoms with E-state index in [-0.39, 0.29) is 5.78 Å². The molecule has 0 bridgehead atoms. The highest BCUT2D eigenvalue weighted by Gasteiger charge is 2.14. The molecule has 4 aromatic rings. The molecule has 0 saturated heterocycles. The number of benzene rings is 1.